The van der Waals surface area contributed by atoms with E-state index in [9.17, 15) is 13.2 Å². The van der Waals surface area contributed by atoms with Gasteiger partial charge in [-0.15, -0.1) is 0 Å². The molecule has 2 N–H and O–H groups in total. The molecule has 2 aromatic carbocycles. The van der Waals surface area contributed by atoms with E-state index in [4.69, 9.17) is 45.4 Å². The summed E-state index contributed by atoms with van der Waals surface area (Å²) in [7, 11) is 0. The van der Waals surface area contributed by atoms with Crippen LogP contribution in [0.4, 0.5) is 13.2 Å². The van der Waals surface area contributed by atoms with Crippen LogP contribution in [0.5, 0.6) is 0 Å². The first-order valence-electron chi connectivity index (χ1n) is 7.43. The summed E-state index contributed by atoms with van der Waals surface area (Å²) >= 11 is 17.8. The Labute approximate surface area is 162 Å². The van der Waals surface area contributed by atoms with Crippen molar-refractivity contribution >= 4 is 40.5 Å². The first-order chi connectivity index (χ1) is 12.2. The van der Waals surface area contributed by atoms with Crippen molar-refractivity contribution in [2.24, 2.45) is 10.9 Å². The average Bonchev–Trinajstić information content (AvgIpc) is 3.00. The second-order valence-corrected chi connectivity index (χ2v) is 7.08. The predicted molar refractivity (Wildman–Crippen MR) is 95.8 cm³/mol. The molecule has 0 bridgehead atoms. The summed E-state index contributed by atoms with van der Waals surface area (Å²) < 4.78 is 41.8. The molecule has 0 fully saturated rings. The van der Waals surface area contributed by atoms with Crippen LogP contribution >= 0.6 is 34.8 Å². The number of benzene rings is 2. The summed E-state index contributed by atoms with van der Waals surface area (Å²) in [5, 5.41) is 4.17. The number of hydrogen-bond acceptors (Lipinski definition) is 3. The van der Waals surface area contributed by atoms with Gasteiger partial charge in [0.1, 0.15) is 0 Å². The van der Waals surface area contributed by atoms with E-state index in [0.29, 0.717) is 16.1 Å². The van der Waals surface area contributed by atoms with Crippen molar-refractivity contribution in [3.05, 3.63) is 68.2 Å². The third-order valence-electron chi connectivity index (χ3n) is 4.12. The van der Waals surface area contributed by atoms with Gasteiger partial charge in [-0.05, 0) is 29.8 Å². The third kappa shape index (κ3) is 3.39. The van der Waals surface area contributed by atoms with Gasteiger partial charge in [0, 0.05) is 39.2 Å². The summed E-state index contributed by atoms with van der Waals surface area (Å²) in [6.45, 7) is 0.218. The molecule has 1 unspecified atom stereocenters. The Morgan fingerprint density at radius 3 is 2.27 bits per heavy atom. The van der Waals surface area contributed by atoms with Crippen molar-refractivity contribution in [2.45, 2.75) is 24.7 Å². The van der Waals surface area contributed by atoms with E-state index in [-0.39, 0.29) is 27.9 Å². The van der Waals surface area contributed by atoms with Gasteiger partial charge < -0.3 is 10.6 Å². The number of halogens is 6. The molecule has 0 amide bonds. The average molecular weight is 424 g/mol. The van der Waals surface area contributed by atoms with Gasteiger partial charge >= 0.3 is 6.18 Å². The van der Waals surface area contributed by atoms with E-state index in [1.54, 1.807) is 12.1 Å². The highest BCUT2D eigenvalue weighted by molar-refractivity contribution is 6.34. The van der Waals surface area contributed by atoms with Gasteiger partial charge in [-0.25, -0.2) is 0 Å². The van der Waals surface area contributed by atoms with Crippen LogP contribution < -0.4 is 5.73 Å². The number of nitrogens with zero attached hydrogens (tertiary/aromatic N) is 1. The maximum absolute atomic E-state index is 13.9. The molecule has 1 atom stereocenters. The lowest BCUT2D eigenvalue weighted by atomic mass is 9.86. The summed E-state index contributed by atoms with van der Waals surface area (Å²) in [5.74, 6) is 0. The molecule has 2 aromatic rings. The van der Waals surface area contributed by atoms with Crippen LogP contribution in [0.25, 0.3) is 0 Å². The molecule has 0 spiro atoms. The van der Waals surface area contributed by atoms with Gasteiger partial charge in [-0.2, -0.15) is 13.2 Å². The summed E-state index contributed by atoms with van der Waals surface area (Å²) in [4.78, 5) is 4.94. The van der Waals surface area contributed by atoms with Crippen molar-refractivity contribution in [1.82, 2.24) is 0 Å². The van der Waals surface area contributed by atoms with Gasteiger partial charge in [0.25, 0.3) is 5.60 Å². The van der Waals surface area contributed by atoms with Crippen LogP contribution in [-0.4, -0.2) is 11.9 Å². The third-order valence-corrected chi connectivity index (χ3v) is 4.91. The number of rotatable bonds is 3. The molecule has 0 aliphatic carbocycles. The largest absolute Gasteiger partial charge is 0.435 e. The molecule has 0 saturated heterocycles. The van der Waals surface area contributed by atoms with Crippen LogP contribution in [0, 0.1) is 0 Å². The lowest BCUT2D eigenvalue weighted by Gasteiger charge is -2.29. The van der Waals surface area contributed by atoms with Gasteiger partial charge in [-0.3, -0.25) is 0 Å². The SMILES string of the molecule is NCc1ccc(C2=NOC(c3cc(Cl)cc(Cl)c3)(C(F)(F)F)C2)cc1Cl. The lowest BCUT2D eigenvalue weighted by molar-refractivity contribution is -0.275. The van der Waals surface area contributed by atoms with E-state index in [1.165, 1.54) is 24.3 Å². The van der Waals surface area contributed by atoms with Crippen LogP contribution in [0.2, 0.25) is 15.1 Å². The minimum absolute atomic E-state index is 0.0727. The summed E-state index contributed by atoms with van der Waals surface area (Å²) in [5.41, 5.74) is 3.87. The Balaban J connectivity index is 2.02. The second kappa shape index (κ2) is 6.93. The Kier molecular flexibility index (Phi) is 5.14. The van der Waals surface area contributed by atoms with Crippen molar-refractivity contribution in [3.8, 4) is 0 Å². The molecular formula is C17H12Cl3F3N2O. The highest BCUT2D eigenvalue weighted by Gasteiger charge is 2.62. The summed E-state index contributed by atoms with van der Waals surface area (Å²) in [6.07, 6.45) is -5.28. The zero-order chi connectivity index (χ0) is 19.1. The molecule has 0 saturated carbocycles. The molecule has 0 radical (unpaired) electrons. The smallest absolute Gasteiger partial charge is 0.374 e. The van der Waals surface area contributed by atoms with Crippen LogP contribution in [0.3, 0.4) is 0 Å². The first kappa shape index (κ1) is 19.3. The number of alkyl halides is 3. The maximum Gasteiger partial charge on any atom is 0.435 e. The highest BCUT2D eigenvalue weighted by Crippen LogP contribution is 2.49. The van der Waals surface area contributed by atoms with E-state index in [2.05, 4.69) is 5.16 Å². The van der Waals surface area contributed by atoms with E-state index >= 15 is 0 Å². The Bertz CT molecular complexity index is 866. The zero-order valence-electron chi connectivity index (χ0n) is 13.1. The Morgan fingerprint density at radius 1 is 1.08 bits per heavy atom. The molecule has 1 aliphatic heterocycles. The van der Waals surface area contributed by atoms with Gasteiger partial charge in [0.15, 0.2) is 0 Å². The molecule has 3 nitrogen and oxygen atoms in total. The fourth-order valence-corrected chi connectivity index (χ4v) is 3.52. The van der Waals surface area contributed by atoms with E-state index in [1.807, 2.05) is 0 Å². The fourth-order valence-electron chi connectivity index (χ4n) is 2.74. The van der Waals surface area contributed by atoms with Gasteiger partial charge in [0.2, 0.25) is 0 Å². The number of hydrogen-bond donors (Lipinski definition) is 1. The molecule has 0 aromatic heterocycles. The minimum atomic E-state index is -4.74. The van der Waals surface area contributed by atoms with Crippen molar-refractivity contribution in [3.63, 3.8) is 0 Å². The lowest BCUT2D eigenvalue weighted by Crippen LogP contribution is -2.42. The standard InChI is InChI=1S/C17H12Cl3F3N2O/c18-12-4-11(5-13(19)6-12)16(17(21,22)23)7-15(25-26-16)9-1-2-10(8-24)14(20)3-9/h1-6H,7-8,24H2. The molecule has 1 heterocycles. The molecular weight excluding hydrogens is 412 g/mol. The van der Waals surface area contributed by atoms with Crippen molar-refractivity contribution < 1.29 is 18.0 Å². The quantitative estimate of drug-likeness (QED) is 0.689. The monoisotopic (exact) mass is 422 g/mol. The topological polar surface area (TPSA) is 47.6 Å². The second-order valence-electron chi connectivity index (χ2n) is 5.80. The highest BCUT2D eigenvalue weighted by atomic mass is 35.5. The maximum atomic E-state index is 13.9. The first-order valence-corrected chi connectivity index (χ1v) is 8.57. The summed E-state index contributed by atoms with van der Waals surface area (Å²) in [6, 6.07) is 8.45. The molecule has 138 valence electrons. The molecule has 26 heavy (non-hydrogen) atoms. The molecule has 1 aliphatic rings. The van der Waals surface area contributed by atoms with Gasteiger partial charge in [-0.1, -0.05) is 52.1 Å². The predicted octanol–water partition coefficient (Wildman–Crippen LogP) is 5.69. The van der Waals surface area contributed by atoms with Crippen LogP contribution in [0.15, 0.2) is 41.6 Å². The fraction of sp³-hybridized carbons (Fsp3) is 0.235. The zero-order valence-corrected chi connectivity index (χ0v) is 15.3. The van der Waals surface area contributed by atoms with E-state index in [0.717, 1.165) is 0 Å². The number of nitrogens with two attached hydrogens (primary N) is 1. The van der Waals surface area contributed by atoms with Crippen LogP contribution in [-0.2, 0) is 17.0 Å². The normalized spacial score (nSPS) is 20.0. The Morgan fingerprint density at radius 2 is 1.73 bits per heavy atom. The molecule has 9 heteroatoms. The van der Waals surface area contributed by atoms with Crippen molar-refractivity contribution in [1.29, 1.82) is 0 Å². The number of oxime groups is 1. The van der Waals surface area contributed by atoms with E-state index < -0.39 is 18.2 Å². The molecule has 3 rings (SSSR count). The van der Waals surface area contributed by atoms with Crippen LogP contribution in [0.1, 0.15) is 23.1 Å². The Hall–Kier alpha value is -1.47. The van der Waals surface area contributed by atoms with Gasteiger partial charge in [0.05, 0.1) is 5.71 Å². The van der Waals surface area contributed by atoms with Crippen molar-refractivity contribution in [2.75, 3.05) is 0 Å². The minimum Gasteiger partial charge on any atom is -0.374 e.